The molecule has 0 aromatic carbocycles. The minimum atomic E-state index is 0.0112. The summed E-state index contributed by atoms with van der Waals surface area (Å²) in [5.74, 6) is 0.605. The third-order valence-electron chi connectivity index (χ3n) is 2.43. The molecule has 0 fully saturated rings. The second kappa shape index (κ2) is 6.15. The van der Waals surface area contributed by atoms with Crippen molar-refractivity contribution in [3.63, 3.8) is 0 Å². The Morgan fingerprint density at radius 3 is 3.00 bits per heavy atom. The lowest BCUT2D eigenvalue weighted by Crippen LogP contribution is -2.11. The van der Waals surface area contributed by atoms with E-state index in [2.05, 4.69) is 37.5 Å². The number of aromatic nitrogens is 2. The normalized spacial score (nSPS) is 10.6. The molecule has 0 spiro atoms. The average molecular weight is 328 g/mol. The summed E-state index contributed by atoms with van der Waals surface area (Å²) in [6, 6.07) is 5.94. The molecule has 0 saturated carbocycles. The van der Waals surface area contributed by atoms with Crippen molar-refractivity contribution in [2.24, 2.45) is 0 Å². The first-order chi connectivity index (χ1) is 8.63. The highest BCUT2D eigenvalue weighted by Crippen LogP contribution is 2.23. The van der Waals surface area contributed by atoms with Gasteiger partial charge in [0.25, 0.3) is 0 Å². The van der Waals surface area contributed by atoms with Crippen molar-refractivity contribution in [2.75, 3.05) is 5.32 Å². The van der Waals surface area contributed by atoms with E-state index in [9.17, 15) is 4.79 Å². The van der Waals surface area contributed by atoms with Crippen LogP contribution in [0.15, 0.2) is 22.0 Å². The van der Waals surface area contributed by atoms with Crippen molar-refractivity contribution in [1.29, 1.82) is 0 Å². The molecule has 1 amide bonds. The van der Waals surface area contributed by atoms with Crippen LogP contribution >= 0.6 is 27.3 Å². The van der Waals surface area contributed by atoms with Gasteiger partial charge in [-0.1, -0.05) is 0 Å². The van der Waals surface area contributed by atoms with Crippen molar-refractivity contribution in [3.8, 4) is 0 Å². The number of nitrogens with zero attached hydrogens (tertiary/aromatic N) is 1. The van der Waals surface area contributed by atoms with E-state index in [4.69, 9.17) is 0 Å². The molecule has 0 atom stereocenters. The highest BCUT2D eigenvalue weighted by atomic mass is 79.9. The largest absolute Gasteiger partial charge is 0.309 e. The Hall–Kier alpha value is -1.14. The first-order valence-corrected chi connectivity index (χ1v) is 7.30. The maximum absolute atomic E-state index is 11.6. The first kappa shape index (κ1) is 13.3. The van der Waals surface area contributed by atoms with Gasteiger partial charge in [0.05, 0.1) is 3.79 Å². The van der Waals surface area contributed by atoms with Crippen LogP contribution in [0.3, 0.4) is 0 Å². The van der Waals surface area contributed by atoms with E-state index in [1.807, 2.05) is 19.1 Å². The fraction of sp³-hybridized carbons (Fsp3) is 0.333. The Bertz CT molecular complexity index is 535. The quantitative estimate of drug-likeness (QED) is 0.882. The second-order valence-electron chi connectivity index (χ2n) is 4.04. The van der Waals surface area contributed by atoms with E-state index >= 15 is 0 Å². The Morgan fingerprint density at radius 1 is 1.56 bits per heavy atom. The Morgan fingerprint density at radius 2 is 2.39 bits per heavy atom. The van der Waals surface area contributed by atoms with Gasteiger partial charge in [0.2, 0.25) is 5.91 Å². The predicted molar refractivity (Wildman–Crippen MR) is 76.9 cm³/mol. The molecular formula is C12H14BrN3OS. The summed E-state index contributed by atoms with van der Waals surface area (Å²) < 4.78 is 1.13. The lowest BCUT2D eigenvalue weighted by molar-refractivity contribution is -0.116. The van der Waals surface area contributed by atoms with Crippen LogP contribution in [0.4, 0.5) is 5.82 Å². The zero-order valence-corrected chi connectivity index (χ0v) is 12.4. The third kappa shape index (κ3) is 3.96. The minimum Gasteiger partial charge on any atom is -0.309 e. The van der Waals surface area contributed by atoms with Gasteiger partial charge in [-0.05, 0) is 47.8 Å². The molecule has 2 aromatic heterocycles. The zero-order chi connectivity index (χ0) is 13.0. The number of aryl methyl sites for hydroxylation is 2. The van der Waals surface area contributed by atoms with Gasteiger partial charge in [-0.2, -0.15) is 5.10 Å². The van der Waals surface area contributed by atoms with E-state index in [1.54, 1.807) is 11.3 Å². The molecule has 6 heteroatoms. The number of carbonyl (C=O) groups is 1. The van der Waals surface area contributed by atoms with Crippen LogP contribution in [0.1, 0.15) is 23.4 Å². The van der Waals surface area contributed by atoms with Crippen molar-refractivity contribution < 1.29 is 4.79 Å². The number of aromatic amines is 1. The summed E-state index contributed by atoms with van der Waals surface area (Å²) in [6.07, 6.45) is 2.30. The summed E-state index contributed by atoms with van der Waals surface area (Å²) in [4.78, 5) is 12.9. The fourth-order valence-corrected chi connectivity index (χ4v) is 3.12. The van der Waals surface area contributed by atoms with Crippen LogP contribution in [-0.4, -0.2) is 16.1 Å². The van der Waals surface area contributed by atoms with Crippen LogP contribution in [0.5, 0.6) is 0 Å². The van der Waals surface area contributed by atoms with Crippen LogP contribution in [-0.2, 0) is 11.2 Å². The number of amides is 1. The zero-order valence-electron chi connectivity index (χ0n) is 10.00. The number of carbonyl (C=O) groups excluding carboxylic acids is 1. The molecule has 0 bridgehead atoms. The summed E-state index contributed by atoms with van der Waals surface area (Å²) in [5, 5.41) is 9.52. The number of nitrogens with one attached hydrogen (secondary N) is 2. The molecule has 96 valence electrons. The van der Waals surface area contributed by atoms with Gasteiger partial charge in [0.15, 0.2) is 5.82 Å². The maximum Gasteiger partial charge on any atom is 0.225 e. The van der Waals surface area contributed by atoms with Crippen molar-refractivity contribution in [3.05, 3.63) is 32.6 Å². The van der Waals surface area contributed by atoms with Crippen LogP contribution in [0, 0.1) is 6.92 Å². The molecule has 2 aromatic rings. The first-order valence-electron chi connectivity index (χ1n) is 5.69. The highest BCUT2D eigenvalue weighted by molar-refractivity contribution is 9.11. The minimum absolute atomic E-state index is 0.0112. The van der Waals surface area contributed by atoms with E-state index in [0.717, 1.165) is 22.3 Å². The van der Waals surface area contributed by atoms with Gasteiger partial charge < -0.3 is 5.32 Å². The van der Waals surface area contributed by atoms with Crippen molar-refractivity contribution in [1.82, 2.24) is 10.2 Å². The standard InChI is InChI=1S/C12H14BrN3OS/c1-8-7-11(16-15-8)14-12(17)4-2-3-9-5-6-10(13)18-9/h5-7H,2-4H2,1H3,(H2,14,15,16,17). The van der Waals surface area contributed by atoms with Crippen LogP contribution < -0.4 is 5.32 Å². The monoisotopic (exact) mass is 327 g/mol. The van der Waals surface area contributed by atoms with Gasteiger partial charge in [-0.15, -0.1) is 11.3 Å². The summed E-state index contributed by atoms with van der Waals surface area (Å²) in [7, 11) is 0. The van der Waals surface area contributed by atoms with Crippen molar-refractivity contribution in [2.45, 2.75) is 26.2 Å². The molecule has 0 radical (unpaired) electrons. The second-order valence-corrected chi connectivity index (χ2v) is 6.59. The molecular weight excluding hydrogens is 314 g/mol. The Labute approximate surface area is 118 Å². The number of anilines is 1. The van der Waals surface area contributed by atoms with Gasteiger partial charge in [-0.3, -0.25) is 9.89 Å². The molecule has 0 aliphatic heterocycles. The number of thiophene rings is 1. The predicted octanol–water partition coefficient (Wildman–Crippen LogP) is 3.50. The van der Waals surface area contributed by atoms with Crippen LogP contribution in [0.25, 0.3) is 0 Å². The number of hydrogen-bond acceptors (Lipinski definition) is 3. The third-order valence-corrected chi connectivity index (χ3v) is 4.11. The average Bonchev–Trinajstić information content (AvgIpc) is 2.88. The molecule has 0 aliphatic rings. The Balaban J connectivity index is 1.72. The van der Waals surface area contributed by atoms with E-state index in [-0.39, 0.29) is 5.91 Å². The van der Waals surface area contributed by atoms with E-state index in [0.29, 0.717) is 12.2 Å². The molecule has 18 heavy (non-hydrogen) atoms. The Kier molecular flexibility index (Phi) is 4.54. The van der Waals surface area contributed by atoms with Gasteiger partial charge in [0, 0.05) is 23.1 Å². The topological polar surface area (TPSA) is 57.8 Å². The molecule has 0 unspecified atom stereocenters. The molecule has 4 nitrogen and oxygen atoms in total. The molecule has 0 aliphatic carbocycles. The van der Waals surface area contributed by atoms with Gasteiger partial charge >= 0.3 is 0 Å². The lowest BCUT2D eigenvalue weighted by atomic mass is 10.2. The SMILES string of the molecule is Cc1cc(NC(=O)CCCc2ccc(Br)s2)n[nH]1. The maximum atomic E-state index is 11.6. The molecule has 2 heterocycles. The van der Waals surface area contributed by atoms with E-state index in [1.165, 1.54) is 4.88 Å². The molecule has 2 rings (SSSR count). The smallest absolute Gasteiger partial charge is 0.225 e. The van der Waals surface area contributed by atoms with Gasteiger partial charge in [0.1, 0.15) is 0 Å². The molecule has 2 N–H and O–H groups in total. The number of H-pyrrole nitrogens is 1. The summed E-state index contributed by atoms with van der Waals surface area (Å²) >= 11 is 5.14. The summed E-state index contributed by atoms with van der Waals surface area (Å²) in [5.41, 5.74) is 0.939. The summed E-state index contributed by atoms with van der Waals surface area (Å²) in [6.45, 7) is 1.90. The number of hydrogen-bond donors (Lipinski definition) is 2. The van der Waals surface area contributed by atoms with E-state index < -0.39 is 0 Å². The highest BCUT2D eigenvalue weighted by Gasteiger charge is 2.05. The fourth-order valence-electron chi connectivity index (χ4n) is 1.60. The van der Waals surface area contributed by atoms with Crippen molar-refractivity contribution >= 4 is 39.0 Å². The van der Waals surface area contributed by atoms with Crippen LogP contribution in [0.2, 0.25) is 0 Å². The van der Waals surface area contributed by atoms with Gasteiger partial charge in [-0.25, -0.2) is 0 Å². The lowest BCUT2D eigenvalue weighted by Gasteiger charge is -2.00. The number of rotatable bonds is 5. The molecule has 0 saturated heterocycles. The number of halogens is 1.